The summed E-state index contributed by atoms with van der Waals surface area (Å²) in [6.07, 6.45) is 0. The smallest absolute Gasteiger partial charge is 0.313 e. The molecule has 1 N–H and O–H groups in total. The van der Waals surface area contributed by atoms with Crippen LogP contribution >= 0.6 is 34.2 Å². The molecule has 0 aliphatic rings. The van der Waals surface area contributed by atoms with Crippen LogP contribution in [0.1, 0.15) is 13.8 Å². The molecule has 17 heavy (non-hydrogen) atoms. The van der Waals surface area contributed by atoms with Crippen LogP contribution in [0.4, 0.5) is 5.69 Å². The van der Waals surface area contributed by atoms with Gasteiger partial charge >= 0.3 is 5.97 Å². The maximum atomic E-state index is 11.5. The molecule has 94 valence electrons. The number of rotatable bonds is 4. The second kappa shape index (κ2) is 5.91. The highest BCUT2D eigenvalue weighted by molar-refractivity contribution is 14.1. The van der Waals surface area contributed by atoms with Crippen LogP contribution in [0.25, 0.3) is 0 Å². The molecule has 0 aliphatic carbocycles. The van der Waals surface area contributed by atoms with E-state index in [9.17, 15) is 4.79 Å². The fraction of sp³-hybridized carbons (Fsp3) is 0.417. The van der Waals surface area contributed by atoms with Crippen LogP contribution in [0.15, 0.2) is 18.2 Å². The van der Waals surface area contributed by atoms with E-state index in [4.69, 9.17) is 16.3 Å². The molecule has 0 atom stereocenters. The van der Waals surface area contributed by atoms with E-state index >= 15 is 0 Å². The summed E-state index contributed by atoms with van der Waals surface area (Å²) in [4.78, 5) is 11.5. The Hall–Kier alpha value is -0.490. The van der Waals surface area contributed by atoms with Crippen molar-refractivity contribution in [3.8, 4) is 0 Å². The van der Waals surface area contributed by atoms with Crippen LogP contribution in [0.5, 0.6) is 0 Å². The lowest BCUT2D eigenvalue weighted by Crippen LogP contribution is -2.33. The number of carbonyl (C=O) groups excluding carboxylic acids is 1. The largest absolute Gasteiger partial charge is 0.469 e. The Morgan fingerprint density at radius 3 is 2.71 bits per heavy atom. The first-order valence-electron chi connectivity index (χ1n) is 5.14. The zero-order valence-electron chi connectivity index (χ0n) is 10.0. The molecule has 1 aromatic rings. The quantitative estimate of drug-likeness (QED) is 0.653. The number of anilines is 1. The Kier molecular flexibility index (Phi) is 5.06. The fourth-order valence-corrected chi connectivity index (χ4v) is 2.36. The van der Waals surface area contributed by atoms with Crippen LogP contribution in [0, 0.1) is 8.99 Å². The number of nitrogens with one attached hydrogen (secondary N) is 1. The number of carbonyl (C=O) groups is 1. The van der Waals surface area contributed by atoms with Crippen molar-refractivity contribution in [1.29, 1.82) is 0 Å². The Bertz CT molecular complexity index is 421. The molecule has 0 heterocycles. The van der Waals surface area contributed by atoms with E-state index in [-0.39, 0.29) is 5.97 Å². The van der Waals surface area contributed by atoms with Crippen LogP contribution < -0.4 is 5.32 Å². The molecule has 0 fully saturated rings. The van der Waals surface area contributed by atoms with Crippen molar-refractivity contribution in [2.75, 3.05) is 19.0 Å². The minimum absolute atomic E-state index is 0.228. The minimum atomic E-state index is -0.558. The van der Waals surface area contributed by atoms with Gasteiger partial charge < -0.3 is 10.1 Å². The van der Waals surface area contributed by atoms with Gasteiger partial charge in [0.05, 0.1) is 12.5 Å². The zero-order chi connectivity index (χ0) is 13.1. The van der Waals surface area contributed by atoms with Crippen molar-refractivity contribution in [3.05, 3.63) is 26.8 Å². The van der Waals surface area contributed by atoms with E-state index < -0.39 is 5.41 Å². The molecule has 0 unspecified atom stereocenters. The SMILES string of the molecule is COC(=O)C(C)(C)CNc1ccc(Cl)cc1I. The molecule has 0 amide bonds. The second-order valence-electron chi connectivity index (χ2n) is 4.35. The number of halogens is 2. The first-order chi connectivity index (χ1) is 7.86. The summed E-state index contributed by atoms with van der Waals surface area (Å²) in [6, 6.07) is 5.59. The summed E-state index contributed by atoms with van der Waals surface area (Å²) in [5.41, 5.74) is 0.407. The molecule has 0 aromatic heterocycles. The van der Waals surface area contributed by atoms with Gasteiger partial charge in [-0.15, -0.1) is 0 Å². The maximum absolute atomic E-state index is 11.5. The Balaban J connectivity index is 2.70. The average molecular weight is 368 g/mol. The van der Waals surface area contributed by atoms with Gasteiger partial charge in [0.2, 0.25) is 0 Å². The molecule has 0 bridgehead atoms. The third-order valence-corrected chi connectivity index (χ3v) is 3.52. The van der Waals surface area contributed by atoms with Crippen LogP contribution in [-0.4, -0.2) is 19.6 Å². The number of methoxy groups -OCH3 is 1. The lowest BCUT2D eigenvalue weighted by molar-refractivity contribution is -0.149. The summed E-state index contributed by atoms with van der Waals surface area (Å²) in [5.74, 6) is -0.228. The predicted molar refractivity (Wildman–Crippen MR) is 78.5 cm³/mol. The fourth-order valence-electron chi connectivity index (χ4n) is 1.30. The Morgan fingerprint density at radius 1 is 1.53 bits per heavy atom. The van der Waals surface area contributed by atoms with E-state index in [1.807, 2.05) is 32.0 Å². The molecule has 0 spiro atoms. The number of esters is 1. The van der Waals surface area contributed by atoms with Crippen LogP contribution in [-0.2, 0) is 9.53 Å². The van der Waals surface area contributed by atoms with Crippen molar-refractivity contribution < 1.29 is 9.53 Å². The maximum Gasteiger partial charge on any atom is 0.313 e. The van der Waals surface area contributed by atoms with E-state index in [2.05, 4.69) is 27.9 Å². The standard InChI is InChI=1S/C12H15ClINO2/c1-12(2,11(16)17-3)7-15-10-5-4-8(13)6-9(10)14/h4-6,15H,7H2,1-3H3. The summed E-state index contributed by atoms with van der Waals surface area (Å²) in [7, 11) is 1.40. The van der Waals surface area contributed by atoms with Gasteiger partial charge in [0.25, 0.3) is 0 Å². The van der Waals surface area contributed by atoms with E-state index in [1.165, 1.54) is 7.11 Å². The summed E-state index contributed by atoms with van der Waals surface area (Å²) < 4.78 is 5.77. The zero-order valence-corrected chi connectivity index (χ0v) is 12.9. The van der Waals surface area contributed by atoms with Gasteiger partial charge in [-0.05, 0) is 54.6 Å². The van der Waals surface area contributed by atoms with Gasteiger partial charge in [-0.1, -0.05) is 11.6 Å². The van der Waals surface area contributed by atoms with E-state index in [0.717, 1.165) is 9.26 Å². The highest BCUT2D eigenvalue weighted by atomic mass is 127. The molecule has 1 aromatic carbocycles. The highest BCUT2D eigenvalue weighted by Crippen LogP contribution is 2.24. The lowest BCUT2D eigenvalue weighted by atomic mass is 9.93. The first-order valence-corrected chi connectivity index (χ1v) is 6.60. The number of hydrogen-bond acceptors (Lipinski definition) is 3. The molecule has 0 saturated carbocycles. The molecule has 0 aliphatic heterocycles. The van der Waals surface area contributed by atoms with Crippen LogP contribution in [0.3, 0.4) is 0 Å². The van der Waals surface area contributed by atoms with Crippen molar-refractivity contribution in [2.24, 2.45) is 5.41 Å². The summed E-state index contributed by atoms with van der Waals surface area (Å²) in [5, 5.41) is 3.93. The third kappa shape index (κ3) is 4.03. The highest BCUT2D eigenvalue weighted by Gasteiger charge is 2.28. The minimum Gasteiger partial charge on any atom is -0.469 e. The van der Waals surface area contributed by atoms with Gasteiger partial charge in [0.1, 0.15) is 0 Å². The molecule has 5 heteroatoms. The number of ether oxygens (including phenoxy) is 1. The van der Waals surface area contributed by atoms with Crippen LogP contribution in [0.2, 0.25) is 5.02 Å². The normalized spacial score (nSPS) is 11.1. The first kappa shape index (κ1) is 14.6. The lowest BCUT2D eigenvalue weighted by Gasteiger charge is -2.22. The Labute approximate surface area is 120 Å². The molecular weight excluding hydrogens is 352 g/mol. The number of hydrogen-bond donors (Lipinski definition) is 1. The second-order valence-corrected chi connectivity index (χ2v) is 5.95. The van der Waals surface area contributed by atoms with Gasteiger partial charge in [0, 0.05) is 20.8 Å². The van der Waals surface area contributed by atoms with Crippen molar-refractivity contribution in [3.63, 3.8) is 0 Å². The molecule has 3 nitrogen and oxygen atoms in total. The number of benzene rings is 1. The molecular formula is C12H15ClINO2. The van der Waals surface area contributed by atoms with Crippen molar-refractivity contribution in [1.82, 2.24) is 0 Å². The Morgan fingerprint density at radius 2 is 2.18 bits per heavy atom. The summed E-state index contributed by atoms with van der Waals surface area (Å²) >= 11 is 8.07. The van der Waals surface area contributed by atoms with Gasteiger partial charge in [-0.25, -0.2) is 0 Å². The summed E-state index contributed by atoms with van der Waals surface area (Å²) in [6.45, 7) is 4.19. The van der Waals surface area contributed by atoms with Crippen molar-refractivity contribution in [2.45, 2.75) is 13.8 Å². The van der Waals surface area contributed by atoms with Gasteiger partial charge in [0.15, 0.2) is 0 Å². The van der Waals surface area contributed by atoms with Gasteiger partial charge in [-0.2, -0.15) is 0 Å². The molecule has 0 radical (unpaired) electrons. The average Bonchev–Trinajstić information content (AvgIpc) is 2.26. The van der Waals surface area contributed by atoms with Gasteiger partial charge in [-0.3, -0.25) is 4.79 Å². The van der Waals surface area contributed by atoms with E-state index in [1.54, 1.807) is 0 Å². The predicted octanol–water partition coefficient (Wildman–Crippen LogP) is 3.56. The third-order valence-electron chi connectivity index (χ3n) is 2.39. The molecule has 1 rings (SSSR count). The van der Waals surface area contributed by atoms with Crippen molar-refractivity contribution >= 4 is 45.8 Å². The topological polar surface area (TPSA) is 38.3 Å². The van der Waals surface area contributed by atoms with E-state index in [0.29, 0.717) is 11.6 Å². The monoisotopic (exact) mass is 367 g/mol. The molecule has 0 saturated heterocycles.